The minimum Gasteiger partial charge on any atom is -0.381 e. The second-order valence-corrected chi connectivity index (χ2v) is 5.50. The highest BCUT2D eigenvalue weighted by Gasteiger charge is 2.22. The number of hydrogen-bond acceptors (Lipinski definition) is 4. The molecule has 4 heteroatoms. The van der Waals surface area contributed by atoms with E-state index in [1.807, 2.05) is 0 Å². The number of ether oxygens (including phenoxy) is 1. The molecule has 0 unspecified atom stereocenters. The van der Waals surface area contributed by atoms with E-state index in [4.69, 9.17) is 14.7 Å². The fraction of sp³-hybridized carbons (Fsp3) is 0.733. The smallest absolute Gasteiger partial charge is 0.134 e. The van der Waals surface area contributed by atoms with Crippen molar-refractivity contribution in [3.05, 3.63) is 17.1 Å². The van der Waals surface area contributed by atoms with Gasteiger partial charge in [-0.15, -0.1) is 0 Å². The van der Waals surface area contributed by atoms with E-state index in [1.165, 1.54) is 5.56 Å². The fourth-order valence-electron chi connectivity index (χ4n) is 2.73. The minimum atomic E-state index is 0.442. The Morgan fingerprint density at radius 1 is 1.26 bits per heavy atom. The van der Waals surface area contributed by atoms with Crippen LogP contribution in [0.2, 0.25) is 0 Å². The molecule has 0 radical (unpaired) electrons. The summed E-state index contributed by atoms with van der Waals surface area (Å²) in [6.07, 6.45) is 2.07. The molecule has 1 aromatic rings. The van der Waals surface area contributed by atoms with Crippen LogP contribution in [-0.2, 0) is 4.74 Å². The van der Waals surface area contributed by atoms with Crippen LogP contribution in [0.1, 0.15) is 62.5 Å². The van der Waals surface area contributed by atoms with E-state index >= 15 is 0 Å². The lowest BCUT2D eigenvalue weighted by Gasteiger charge is -2.23. The summed E-state index contributed by atoms with van der Waals surface area (Å²) >= 11 is 0. The number of rotatable bonds is 4. The third-order valence-corrected chi connectivity index (χ3v) is 3.66. The van der Waals surface area contributed by atoms with Gasteiger partial charge in [-0.2, -0.15) is 0 Å². The Bertz CT molecular complexity index is 426. The maximum Gasteiger partial charge on any atom is 0.134 e. The highest BCUT2D eigenvalue weighted by Crippen LogP contribution is 2.30. The van der Waals surface area contributed by atoms with Gasteiger partial charge in [0.15, 0.2) is 0 Å². The molecular weight excluding hydrogens is 238 g/mol. The van der Waals surface area contributed by atoms with Gasteiger partial charge in [-0.3, -0.25) is 0 Å². The van der Waals surface area contributed by atoms with Gasteiger partial charge in [0, 0.05) is 36.9 Å². The molecule has 2 heterocycles. The molecule has 0 bridgehead atoms. The van der Waals surface area contributed by atoms with Crippen LogP contribution in [0.3, 0.4) is 0 Å². The molecule has 2 rings (SSSR count). The first-order valence-corrected chi connectivity index (χ1v) is 7.33. The molecule has 0 spiro atoms. The Kier molecular flexibility index (Phi) is 4.75. The molecule has 0 amide bonds. The minimum absolute atomic E-state index is 0.442. The lowest BCUT2D eigenvalue weighted by molar-refractivity contribution is 0.0835. The maximum atomic E-state index is 5.42. The zero-order chi connectivity index (χ0) is 13.8. The van der Waals surface area contributed by atoms with Gasteiger partial charge in [-0.25, -0.2) is 9.97 Å². The molecule has 0 saturated carbocycles. The van der Waals surface area contributed by atoms with Crippen LogP contribution in [0, 0.1) is 6.92 Å². The molecular formula is C15H25N3O. The standard InChI is InChI=1S/C15H25N3O/c1-5-16-15-13(10(2)3)11(4)17-14(18-15)12-6-8-19-9-7-12/h10,12H,5-9H2,1-4H3,(H,16,17,18). The van der Waals surface area contributed by atoms with Crippen LogP contribution in [0.5, 0.6) is 0 Å². The second-order valence-electron chi connectivity index (χ2n) is 5.50. The molecule has 1 aliphatic heterocycles. The third-order valence-electron chi connectivity index (χ3n) is 3.66. The predicted molar refractivity (Wildman–Crippen MR) is 77.8 cm³/mol. The van der Waals surface area contributed by atoms with Crippen molar-refractivity contribution in [2.75, 3.05) is 25.1 Å². The summed E-state index contributed by atoms with van der Waals surface area (Å²) in [7, 11) is 0. The van der Waals surface area contributed by atoms with Gasteiger partial charge in [-0.1, -0.05) is 13.8 Å². The molecule has 0 aliphatic carbocycles. The number of anilines is 1. The average Bonchev–Trinajstić information content (AvgIpc) is 2.39. The zero-order valence-corrected chi connectivity index (χ0v) is 12.5. The number of hydrogen-bond donors (Lipinski definition) is 1. The predicted octanol–water partition coefficient (Wildman–Crippen LogP) is 3.23. The normalized spacial score (nSPS) is 16.9. The zero-order valence-electron chi connectivity index (χ0n) is 12.5. The van der Waals surface area contributed by atoms with Crippen molar-refractivity contribution in [1.82, 2.24) is 9.97 Å². The van der Waals surface area contributed by atoms with E-state index in [-0.39, 0.29) is 0 Å². The van der Waals surface area contributed by atoms with Crippen molar-refractivity contribution in [3.8, 4) is 0 Å². The number of aryl methyl sites for hydroxylation is 1. The lowest BCUT2D eigenvalue weighted by Crippen LogP contribution is -2.19. The van der Waals surface area contributed by atoms with Gasteiger partial charge in [-0.05, 0) is 32.6 Å². The first-order valence-electron chi connectivity index (χ1n) is 7.33. The van der Waals surface area contributed by atoms with E-state index in [2.05, 4.69) is 33.0 Å². The summed E-state index contributed by atoms with van der Waals surface area (Å²) in [6, 6.07) is 0. The number of nitrogens with zero attached hydrogens (tertiary/aromatic N) is 2. The van der Waals surface area contributed by atoms with Gasteiger partial charge in [0.05, 0.1) is 0 Å². The van der Waals surface area contributed by atoms with Gasteiger partial charge >= 0.3 is 0 Å². The maximum absolute atomic E-state index is 5.42. The van der Waals surface area contributed by atoms with Crippen LogP contribution in [0.25, 0.3) is 0 Å². The SMILES string of the molecule is CCNc1nc(C2CCOCC2)nc(C)c1C(C)C. The number of nitrogens with one attached hydrogen (secondary N) is 1. The molecule has 0 atom stereocenters. The lowest BCUT2D eigenvalue weighted by atomic mass is 9.97. The number of aromatic nitrogens is 2. The Balaban J connectivity index is 2.35. The fourth-order valence-corrected chi connectivity index (χ4v) is 2.73. The van der Waals surface area contributed by atoms with Crippen molar-refractivity contribution >= 4 is 5.82 Å². The summed E-state index contributed by atoms with van der Waals surface area (Å²) in [6.45, 7) is 11.1. The van der Waals surface area contributed by atoms with E-state index in [0.717, 1.165) is 49.9 Å². The highest BCUT2D eigenvalue weighted by molar-refractivity contribution is 5.48. The van der Waals surface area contributed by atoms with Crippen molar-refractivity contribution < 1.29 is 4.74 Å². The summed E-state index contributed by atoms with van der Waals surface area (Å²) in [5.74, 6) is 2.90. The van der Waals surface area contributed by atoms with Crippen LogP contribution in [0.4, 0.5) is 5.82 Å². The summed E-state index contributed by atoms with van der Waals surface area (Å²) in [5, 5.41) is 3.40. The van der Waals surface area contributed by atoms with E-state index in [0.29, 0.717) is 11.8 Å². The molecule has 0 aromatic carbocycles. The molecule has 1 aromatic heterocycles. The Morgan fingerprint density at radius 3 is 2.53 bits per heavy atom. The quantitative estimate of drug-likeness (QED) is 0.906. The Hall–Kier alpha value is -1.16. The molecule has 1 N–H and O–H groups in total. The molecule has 1 saturated heterocycles. The van der Waals surface area contributed by atoms with Gasteiger partial charge in [0.1, 0.15) is 11.6 Å². The van der Waals surface area contributed by atoms with Crippen molar-refractivity contribution in [2.24, 2.45) is 0 Å². The van der Waals surface area contributed by atoms with E-state index in [9.17, 15) is 0 Å². The van der Waals surface area contributed by atoms with Gasteiger partial charge in [0.25, 0.3) is 0 Å². The van der Waals surface area contributed by atoms with E-state index < -0.39 is 0 Å². The highest BCUT2D eigenvalue weighted by atomic mass is 16.5. The average molecular weight is 263 g/mol. The van der Waals surface area contributed by atoms with Crippen LogP contribution >= 0.6 is 0 Å². The van der Waals surface area contributed by atoms with Crippen LogP contribution in [-0.4, -0.2) is 29.7 Å². The molecule has 19 heavy (non-hydrogen) atoms. The van der Waals surface area contributed by atoms with Crippen molar-refractivity contribution in [3.63, 3.8) is 0 Å². The largest absolute Gasteiger partial charge is 0.381 e. The Labute approximate surface area is 116 Å². The second kappa shape index (κ2) is 6.33. The summed E-state index contributed by atoms with van der Waals surface area (Å²) in [5.41, 5.74) is 2.36. The summed E-state index contributed by atoms with van der Waals surface area (Å²) < 4.78 is 5.42. The van der Waals surface area contributed by atoms with Crippen LogP contribution in [0.15, 0.2) is 0 Å². The molecule has 4 nitrogen and oxygen atoms in total. The van der Waals surface area contributed by atoms with Crippen LogP contribution < -0.4 is 5.32 Å². The first-order chi connectivity index (χ1) is 9.13. The molecule has 1 fully saturated rings. The third kappa shape index (κ3) is 3.24. The van der Waals surface area contributed by atoms with Crippen molar-refractivity contribution in [1.29, 1.82) is 0 Å². The first kappa shape index (κ1) is 14.3. The molecule has 1 aliphatic rings. The van der Waals surface area contributed by atoms with Gasteiger partial charge < -0.3 is 10.1 Å². The monoisotopic (exact) mass is 263 g/mol. The van der Waals surface area contributed by atoms with Gasteiger partial charge in [0.2, 0.25) is 0 Å². The Morgan fingerprint density at radius 2 is 1.95 bits per heavy atom. The topological polar surface area (TPSA) is 47.0 Å². The van der Waals surface area contributed by atoms with Crippen molar-refractivity contribution in [2.45, 2.75) is 52.4 Å². The summed E-state index contributed by atoms with van der Waals surface area (Å²) in [4.78, 5) is 9.54. The molecule has 106 valence electrons. The van der Waals surface area contributed by atoms with E-state index in [1.54, 1.807) is 0 Å².